The summed E-state index contributed by atoms with van der Waals surface area (Å²) in [6, 6.07) is 1.85. The first-order valence-electron chi connectivity index (χ1n) is 2.52. The van der Waals surface area contributed by atoms with Crippen molar-refractivity contribution in [1.82, 2.24) is 14.8 Å². The number of aryl methyl sites for hydroxylation is 2. The van der Waals surface area contributed by atoms with Gasteiger partial charge in [0, 0.05) is 7.05 Å². The van der Waals surface area contributed by atoms with E-state index in [4.69, 9.17) is 5.26 Å². The Labute approximate surface area is 52.7 Å². The second kappa shape index (κ2) is 1.86. The van der Waals surface area contributed by atoms with Crippen LogP contribution in [0.5, 0.6) is 0 Å². The summed E-state index contributed by atoms with van der Waals surface area (Å²) in [5, 5.41) is 12.1. The molecule has 4 heteroatoms. The second-order valence-corrected chi connectivity index (χ2v) is 1.72. The van der Waals surface area contributed by atoms with Gasteiger partial charge in [0.2, 0.25) is 0 Å². The fourth-order valence-electron chi connectivity index (χ4n) is 0.510. The molecule has 0 aliphatic heterocycles. The number of rotatable bonds is 0. The van der Waals surface area contributed by atoms with E-state index in [-0.39, 0.29) is 5.82 Å². The van der Waals surface area contributed by atoms with Crippen molar-refractivity contribution in [3.8, 4) is 6.07 Å². The molecule has 0 spiro atoms. The van der Waals surface area contributed by atoms with Gasteiger partial charge in [0.1, 0.15) is 11.9 Å². The van der Waals surface area contributed by atoms with E-state index in [2.05, 4.69) is 10.1 Å². The van der Waals surface area contributed by atoms with Gasteiger partial charge < -0.3 is 0 Å². The SMILES string of the molecule is Cc1nc(C#N)nn1C. The number of nitrogens with zero attached hydrogens (tertiary/aromatic N) is 4. The number of aromatic nitrogens is 3. The largest absolute Gasteiger partial charge is 0.252 e. The van der Waals surface area contributed by atoms with Crippen LogP contribution in [0.15, 0.2) is 0 Å². The van der Waals surface area contributed by atoms with E-state index in [9.17, 15) is 0 Å². The minimum atomic E-state index is 0.231. The molecule has 1 aromatic heterocycles. The second-order valence-electron chi connectivity index (χ2n) is 1.72. The lowest BCUT2D eigenvalue weighted by molar-refractivity contribution is 0.732. The molecule has 0 bridgehead atoms. The highest BCUT2D eigenvalue weighted by atomic mass is 15.3. The Morgan fingerprint density at radius 3 is 2.56 bits per heavy atom. The summed E-state index contributed by atoms with van der Waals surface area (Å²) in [7, 11) is 1.75. The van der Waals surface area contributed by atoms with Crippen molar-refractivity contribution in [2.75, 3.05) is 0 Å². The van der Waals surface area contributed by atoms with Crippen LogP contribution >= 0.6 is 0 Å². The third-order valence-corrected chi connectivity index (χ3v) is 1.08. The molecule has 1 heterocycles. The van der Waals surface area contributed by atoms with E-state index in [0.29, 0.717) is 0 Å². The van der Waals surface area contributed by atoms with Crippen LogP contribution in [0.3, 0.4) is 0 Å². The average Bonchev–Trinajstić information content (AvgIpc) is 2.13. The van der Waals surface area contributed by atoms with Crippen molar-refractivity contribution >= 4 is 0 Å². The molecule has 9 heavy (non-hydrogen) atoms. The molecule has 0 saturated carbocycles. The Morgan fingerprint density at radius 2 is 2.33 bits per heavy atom. The first-order chi connectivity index (χ1) is 4.24. The summed E-state index contributed by atoms with van der Waals surface area (Å²) in [5.41, 5.74) is 0. The maximum absolute atomic E-state index is 8.29. The van der Waals surface area contributed by atoms with Crippen LogP contribution in [0.4, 0.5) is 0 Å². The maximum Gasteiger partial charge on any atom is 0.252 e. The van der Waals surface area contributed by atoms with Gasteiger partial charge in [-0.1, -0.05) is 0 Å². The van der Waals surface area contributed by atoms with Gasteiger partial charge in [-0.2, -0.15) is 5.26 Å². The van der Waals surface area contributed by atoms with Crippen molar-refractivity contribution in [2.45, 2.75) is 6.92 Å². The standard InChI is InChI=1S/C5H6N4/c1-4-7-5(3-6)8-9(4)2/h1-2H3. The molecule has 46 valence electrons. The molecule has 0 aliphatic carbocycles. The van der Waals surface area contributed by atoms with E-state index < -0.39 is 0 Å². The third-order valence-electron chi connectivity index (χ3n) is 1.08. The minimum absolute atomic E-state index is 0.231. The molecule has 0 saturated heterocycles. The smallest absolute Gasteiger partial charge is 0.252 e. The van der Waals surface area contributed by atoms with Crippen molar-refractivity contribution in [3.63, 3.8) is 0 Å². The molecule has 0 amide bonds. The maximum atomic E-state index is 8.29. The van der Waals surface area contributed by atoms with Gasteiger partial charge in [-0.25, -0.2) is 4.98 Å². The van der Waals surface area contributed by atoms with Gasteiger partial charge in [0.05, 0.1) is 0 Å². The molecule has 1 rings (SSSR count). The highest BCUT2D eigenvalue weighted by molar-refractivity contribution is 5.08. The normalized spacial score (nSPS) is 9.00. The van der Waals surface area contributed by atoms with Crippen LogP contribution in [-0.4, -0.2) is 14.8 Å². The summed E-state index contributed by atoms with van der Waals surface area (Å²) >= 11 is 0. The fraction of sp³-hybridized carbons (Fsp3) is 0.400. The van der Waals surface area contributed by atoms with Gasteiger partial charge in [-0.3, -0.25) is 4.68 Å². The minimum Gasteiger partial charge on any atom is -0.252 e. The van der Waals surface area contributed by atoms with Gasteiger partial charge in [0.15, 0.2) is 0 Å². The van der Waals surface area contributed by atoms with Crippen LogP contribution in [0.25, 0.3) is 0 Å². The molecule has 0 fully saturated rings. The van der Waals surface area contributed by atoms with Crippen LogP contribution < -0.4 is 0 Å². The van der Waals surface area contributed by atoms with Crippen LogP contribution in [0.1, 0.15) is 11.6 Å². The molecule has 4 nitrogen and oxygen atoms in total. The Morgan fingerprint density at radius 1 is 1.67 bits per heavy atom. The summed E-state index contributed by atoms with van der Waals surface area (Å²) in [6.45, 7) is 1.80. The van der Waals surface area contributed by atoms with Gasteiger partial charge in [-0.15, -0.1) is 5.10 Å². The quantitative estimate of drug-likeness (QED) is 0.486. The van der Waals surface area contributed by atoms with Crippen molar-refractivity contribution in [3.05, 3.63) is 11.6 Å². The third kappa shape index (κ3) is 0.891. The zero-order valence-corrected chi connectivity index (χ0v) is 5.29. The van der Waals surface area contributed by atoms with Gasteiger partial charge >= 0.3 is 0 Å². The summed E-state index contributed by atoms with van der Waals surface area (Å²) in [6.07, 6.45) is 0. The van der Waals surface area contributed by atoms with E-state index in [1.165, 1.54) is 0 Å². The first kappa shape index (κ1) is 5.76. The molecular formula is C5H6N4. The fourth-order valence-corrected chi connectivity index (χ4v) is 0.510. The predicted octanol–water partition coefficient (Wildman–Crippen LogP) is -0.00480. The van der Waals surface area contributed by atoms with Crippen LogP contribution in [0, 0.1) is 18.3 Å². The zero-order valence-electron chi connectivity index (χ0n) is 5.29. The van der Waals surface area contributed by atoms with Crippen LogP contribution in [-0.2, 0) is 7.05 Å². The Hall–Kier alpha value is -1.37. The Bertz CT molecular complexity index is 235. The van der Waals surface area contributed by atoms with E-state index in [1.807, 2.05) is 6.07 Å². The molecule has 0 atom stereocenters. The highest BCUT2D eigenvalue weighted by Gasteiger charge is 1.98. The molecular weight excluding hydrogens is 116 g/mol. The molecule has 0 aliphatic rings. The molecule has 0 radical (unpaired) electrons. The molecule has 0 N–H and O–H groups in total. The molecule has 0 aromatic carbocycles. The van der Waals surface area contributed by atoms with Gasteiger partial charge in [-0.05, 0) is 6.92 Å². The highest BCUT2D eigenvalue weighted by Crippen LogP contribution is 1.90. The summed E-state index contributed by atoms with van der Waals surface area (Å²) in [5.74, 6) is 0.988. The lowest BCUT2D eigenvalue weighted by Crippen LogP contribution is -1.92. The lowest BCUT2D eigenvalue weighted by Gasteiger charge is -1.84. The first-order valence-corrected chi connectivity index (χ1v) is 2.52. The number of nitriles is 1. The Kier molecular flexibility index (Phi) is 1.19. The molecule has 0 unspecified atom stereocenters. The predicted molar refractivity (Wildman–Crippen MR) is 30.5 cm³/mol. The number of hydrogen-bond donors (Lipinski definition) is 0. The monoisotopic (exact) mass is 122 g/mol. The number of hydrogen-bond acceptors (Lipinski definition) is 3. The summed E-state index contributed by atoms with van der Waals surface area (Å²) < 4.78 is 1.57. The lowest BCUT2D eigenvalue weighted by atomic mass is 10.7. The van der Waals surface area contributed by atoms with E-state index in [0.717, 1.165) is 5.82 Å². The Balaban J connectivity index is 3.16. The van der Waals surface area contributed by atoms with Crippen molar-refractivity contribution in [1.29, 1.82) is 5.26 Å². The average molecular weight is 122 g/mol. The van der Waals surface area contributed by atoms with E-state index in [1.54, 1.807) is 18.7 Å². The topological polar surface area (TPSA) is 54.5 Å². The summed E-state index contributed by atoms with van der Waals surface area (Å²) in [4.78, 5) is 3.82. The zero-order chi connectivity index (χ0) is 6.85. The molecule has 1 aromatic rings. The van der Waals surface area contributed by atoms with Gasteiger partial charge in [0.25, 0.3) is 5.82 Å². The van der Waals surface area contributed by atoms with Crippen molar-refractivity contribution < 1.29 is 0 Å². The van der Waals surface area contributed by atoms with Crippen molar-refractivity contribution in [2.24, 2.45) is 7.05 Å². The van der Waals surface area contributed by atoms with E-state index >= 15 is 0 Å². The van der Waals surface area contributed by atoms with Crippen LogP contribution in [0.2, 0.25) is 0 Å².